The van der Waals surface area contributed by atoms with Gasteiger partial charge in [0.15, 0.2) is 0 Å². The van der Waals surface area contributed by atoms with Gasteiger partial charge < -0.3 is 14.6 Å². The van der Waals surface area contributed by atoms with Gasteiger partial charge in [-0.25, -0.2) is 9.97 Å². The highest BCUT2D eigenvalue weighted by Gasteiger charge is 2.31. The molecule has 31 heavy (non-hydrogen) atoms. The summed E-state index contributed by atoms with van der Waals surface area (Å²) in [5.41, 5.74) is 1.92. The molecule has 0 saturated carbocycles. The Morgan fingerprint density at radius 1 is 1.10 bits per heavy atom. The van der Waals surface area contributed by atoms with E-state index in [2.05, 4.69) is 14.7 Å². The summed E-state index contributed by atoms with van der Waals surface area (Å²) >= 11 is 5.82. The molecular formula is C21H17ClF3N3O3. The zero-order valence-corrected chi connectivity index (χ0v) is 16.8. The Hall–Kier alpha value is -2.88. The molecule has 0 fully saturated rings. The first-order valence-electron chi connectivity index (χ1n) is 9.30. The Kier molecular flexibility index (Phi) is 5.99. The fraction of sp³-hybridized carbons (Fsp3) is 0.238. The van der Waals surface area contributed by atoms with E-state index in [1.807, 2.05) is 0 Å². The van der Waals surface area contributed by atoms with Gasteiger partial charge in [-0.15, -0.1) is 13.2 Å². The van der Waals surface area contributed by atoms with Crippen molar-refractivity contribution in [2.24, 2.45) is 0 Å². The molecule has 2 aromatic carbocycles. The number of ether oxygens (including phenoxy) is 2. The average Bonchev–Trinajstić information content (AvgIpc) is 2.88. The number of aromatic nitrogens is 2. The van der Waals surface area contributed by atoms with Crippen molar-refractivity contribution in [3.63, 3.8) is 0 Å². The largest absolute Gasteiger partial charge is 0.573 e. The maximum atomic E-state index is 12.4. The Morgan fingerprint density at radius 2 is 1.77 bits per heavy atom. The van der Waals surface area contributed by atoms with Crippen molar-refractivity contribution in [3.8, 4) is 22.6 Å². The van der Waals surface area contributed by atoms with Gasteiger partial charge in [0.1, 0.15) is 30.2 Å². The minimum atomic E-state index is -4.75. The molecule has 6 nitrogen and oxygen atoms in total. The Labute approximate surface area is 180 Å². The topological polar surface area (TPSA) is 67.7 Å². The van der Waals surface area contributed by atoms with E-state index < -0.39 is 12.6 Å². The molecule has 1 N–H and O–H groups in total. The summed E-state index contributed by atoms with van der Waals surface area (Å²) in [6.07, 6.45) is -2.75. The maximum absolute atomic E-state index is 12.4. The van der Waals surface area contributed by atoms with Crippen molar-refractivity contribution >= 4 is 11.6 Å². The van der Waals surface area contributed by atoms with Crippen molar-refractivity contribution in [1.82, 2.24) is 14.9 Å². The van der Waals surface area contributed by atoms with E-state index in [0.717, 1.165) is 0 Å². The van der Waals surface area contributed by atoms with Crippen LogP contribution in [0.3, 0.4) is 0 Å². The molecule has 10 heteroatoms. The number of fused-ring (bicyclic) bond motifs is 1. The van der Waals surface area contributed by atoms with Crippen molar-refractivity contribution in [3.05, 3.63) is 71.3 Å². The quantitative estimate of drug-likeness (QED) is 0.626. The molecule has 3 aromatic rings. The predicted octanol–water partition coefficient (Wildman–Crippen LogP) is 4.58. The third kappa shape index (κ3) is 5.25. The Bertz CT molecular complexity index is 1050. The fourth-order valence-electron chi connectivity index (χ4n) is 3.27. The summed E-state index contributed by atoms with van der Waals surface area (Å²) in [7, 11) is 0. The maximum Gasteiger partial charge on any atom is 0.573 e. The third-order valence-corrected chi connectivity index (χ3v) is 4.90. The minimum Gasteiger partial charge on any atom is -0.492 e. The highest BCUT2D eigenvalue weighted by molar-refractivity contribution is 6.30. The summed E-state index contributed by atoms with van der Waals surface area (Å²) in [6.45, 7) is 1.09. The van der Waals surface area contributed by atoms with Crippen LogP contribution >= 0.6 is 11.6 Å². The second kappa shape index (κ2) is 8.70. The first kappa shape index (κ1) is 21.4. The van der Waals surface area contributed by atoms with Crippen LogP contribution in [0.25, 0.3) is 11.1 Å². The Morgan fingerprint density at radius 3 is 2.45 bits per heavy atom. The summed E-state index contributed by atoms with van der Waals surface area (Å²) in [6, 6.07) is 10.8. The van der Waals surface area contributed by atoms with E-state index in [9.17, 15) is 18.3 Å². The van der Waals surface area contributed by atoms with Gasteiger partial charge >= 0.3 is 6.36 Å². The van der Waals surface area contributed by atoms with Crippen LogP contribution in [0.2, 0.25) is 5.02 Å². The van der Waals surface area contributed by atoms with Gasteiger partial charge in [-0.05, 0) is 35.4 Å². The summed E-state index contributed by atoms with van der Waals surface area (Å²) in [5.74, 6) is 0.736. The molecule has 4 rings (SSSR count). The molecule has 1 aliphatic heterocycles. The van der Waals surface area contributed by atoms with Gasteiger partial charge in [0.25, 0.3) is 0 Å². The summed E-state index contributed by atoms with van der Waals surface area (Å²) in [5, 5.41) is 11.4. The molecule has 0 spiro atoms. The number of hydrogen-bond acceptors (Lipinski definition) is 6. The van der Waals surface area contributed by atoms with Gasteiger partial charge in [0.2, 0.25) is 0 Å². The molecule has 1 aliphatic rings. The van der Waals surface area contributed by atoms with Crippen LogP contribution in [-0.2, 0) is 6.54 Å². The SMILES string of the molecule is OC1c2cc(-c3ccc(OC(F)(F)F)cc3)ccc2OCCN1Cc1ncc(Cl)cn1. The lowest BCUT2D eigenvalue weighted by Gasteiger charge is -2.25. The molecule has 1 unspecified atom stereocenters. The normalized spacial score (nSPS) is 16.9. The molecule has 2 heterocycles. The van der Waals surface area contributed by atoms with Crippen LogP contribution in [0, 0.1) is 0 Å². The Balaban J connectivity index is 1.57. The lowest BCUT2D eigenvalue weighted by molar-refractivity contribution is -0.274. The minimum absolute atomic E-state index is 0.287. The van der Waals surface area contributed by atoms with Crippen LogP contribution in [-0.4, -0.2) is 39.5 Å². The number of benzene rings is 2. The highest BCUT2D eigenvalue weighted by atomic mass is 35.5. The van der Waals surface area contributed by atoms with Crippen molar-refractivity contribution in [2.75, 3.05) is 13.2 Å². The zero-order valence-electron chi connectivity index (χ0n) is 16.0. The van der Waals surface area contributed by atoms with Gasteiger partial charge in [-0.1, -0.05) is 29.8 Å². The molecule has 162 valence electrons. The molecule has 0 bridgehead atoms. The highest BCUT2D eigenvalue weighted by Crippen LogP contribution is 2.35. The van der Waals surface area contributed by atoms with Gasteiger partial charge in [-0.2, -0.15) is 0 Å². The van der Waals surface area contributed by atoms with Crippen LogP contribution in [0.5, 0.6) is 11.5 Å². The second-order valence-corrected chi connectivity index (χ2v) is 7.27. The number of hydrogen-bond donors (Lipinski definition) is 1. The number of halogens is 4. The second-order valence-electron chi connectivity index (χ2n) is 6.83. The van der Waals surface area contributed by atoms with Gasteiger partial charge in [0.05, 0.1) is 11.6 Å². The molecular weight excluding hydrogens is 435 g/mol. The molecule has 0 saturated heterocycles. The standard InChI is InChI=1S/C21H17ClF3N3O3/c22-15-10-26-19(27-11-15)12-28-7-8-30-18-6-3-14(9-17(18)20(28)29)13-1-4-16(5-2-13)31-21(23,24)25/h1-6,9-11,20,29H,7-8,12H2. The molecule has 0 radical (unpaired) electrons. The molecule has 1 atom stereocenters. The number of nitrogens with zero attached hydrogens (tertiary/aromatic N) is 3. The van der Waals surface area contributed by atoms with Crippen molar-refractivity contribution in [2.45, 2.75) is 19.1 Å². The third-order valence-electron chi connectivity index (χ3n) is 4.71. The van der Waals surface area contributed by atoms with E-state index >= 15 is 0 Å². The van der Waals surface area contributed by atoms with E-state index in [1.165, 1.54) is 36.7 Å². The van der Waals surface area contributed by atoms with E-state index in [0.29, 0.717) is 46.4 Å². The van der Waals surface area contributed by atoms with Crippen LogP contribution in [0.15, 0.2) is 54.9 Å². The molecule has 0 amide bonds. The van der Waals surface area contributed by atoms with Crippen molar-refractivity contribution in [1.29, 1.82) is 0 Å². The van der Waals surface area contributed by atoms with Gasteiger partial charge in [-0.3, -0.25) is 4.90 Å². The number of aliphatic hydroxyl groups excluding tert-OH is 1. The van der Waals surface area contributed by atoms with E-state index in [1.54, 1.807) is 23.1 Å². The first-order chi connectivity index (χ1) is 14.8. The number of aliphatic hydroxyl groups is 1. The first-order valence-corrected chi connectivity index (χ1v) is 9.68. The van der Waals surface area contributed by atoms with Crippen LogP contribution < -0.4 is 9.47 Å². The smallest absolute Gasteiger partial charge is 0.492 e. The predicted molar refractivity (Wildman–Crippen MR) is 106 cm³/mol. The van der Waals surface area contributed by atoms with E-state index in [-0.39, 0.29) is 12.3 Å². The molecule has 1 aromatic heterocycles. The zero-order chi connectivity index (χ0) is 22.0. The number of alkyl halides is 3. The number of rotatable bonds is 4. The lowest BCUT2D eigenvalue weighted by Crippen LogP contribution is -2.30. The monoisotopic (exact) mass is 451 g/mol. The average molecular weight is 452 g/mol. The van der Waals surface area contributed by atoms with Crippen LogP contribution in [0.4, 0.5) is 13.2 Å². The summed E-state index contributed by atoms with van der Waals surface area (Å²) < 4.78 is 46.8. The summed E-state index contributed by atoms with van der Waals surface area (Å²) in [4.78, 5) is 10.1. The van der Waals surface area contributed by atoms with Crippen molar-refractivity contribution < 1.29 is 27.8 Å². The lowest BCUT2D eigenvalue weighted by atomic mass is 10.0. The fourth-order valence-corrected chi connectivity index (χ4v) is 3.37. The van der Waals surface area contributed by atoms with Crippen LogP contribution in [0.1, 0.15) is 17.6 Å². The molecule has 0 aliphatic carbocycles. The van der Waals surface area contributed by atoms with E-state index in [4.69, 9.17) is 16.3 Å². The van der Waals surface area contributed by atoms with Gasteiger partial charge in [0, 0.05) is 24.5 Å².